The highest BCUT2D eigenvalue weighted by molar-refractivity contribution is 5.94. The Hall–Kier alpha value is -1.27. The molecule has 0 aromatic carbocycles. The second-order valence-electron chi connectivity index (χ2n) is 5.58. The molecule has 7 heteroatoms. The van der Waals surface area contributed by atoms with E-state index in [4.69, 9.17) is 0 Å². The van der Waals surface area contributed by atoms with Crippen LogP contribution < -0.4 is 5.32 Å². The average molecular weight is 294 g/mol. The van der Waals surface area contributed by atoms with E-state index >= 15 is 0 Å². The summed E-state index contributed by atoms with van der Waals surface area (Å²) in [6.45, 7) is 4.04. The molecule has 1 aliphatic rings. The minimum atomic E-state index is -4.16. The normalized spacial score (nSPS) is 20.5. The zero-order valence-corrected chi connectivity index (χ0v) is 11.8. The van der Waals surface area contributed by atoms with Gasteiger partial charge in [-0.1, -0.05) is 13.8 Å². The summed E-state index contributed by atoms with van der Waals surface area (Å²) in [6, 6.07) is -0.543. The molecule has 1 saturated heterocycles. The summed E-state index contributed by atoms with van der Waals surface area (Å²) < 4.78 is 36.1. The van der Waals surface area contributed by atoms with Crippen molar-refractivity contribution >= 4 is 11.8 Å². The van der Waals surface area contributed by atoms with Crippen LogP contribution >= 0.6 is 0 Å². The van der Waals surface area contributed by atoms with Crippen LogP contribution in [-0.4, -0.2) is 42.0 Å². The van der Waals surface area contributed by atoms with Crippen LogP contribution in [0.15, 0.2) is 0 Å². The van der Waals surface area contributed by atoms with Gasteiger partial charge in [-0.3, -0.25) is 9.59 Å². The maximum atomic E-state index is 12.1. The number of piperazine rings is 1. The highest BCUT2D eigenvalue weighted by atomic mass is 19.4. The first-order chi connectivity index (χ1) is 9.19. The number of hydrogen-bond acceptors (Lipinski definition) is 2. The fraction of sp³-hybridized carbons (Fsp3) is 0.846. The van der Waals surface area contributed by atoms with Crippen molar-refractivity contribution in [2.24, 2.45) is 5.92 Å². The molecule has 1 aliphatic heterocycles. The monoisotopic (exact) mass is 294 g/mol. The van der Waals surface area contributed by atoms with E-state index in [0.29, 0.717) is 6.42 Å². The van der Waals surface area contributed by atoms with Gasteiger partial charge in [-0.05, 0) is 25.2 Å². The van der Waals surface area contributed by atoms with E-state index in [1.807, 2.05) is 13.8 Å². The van der Waals surface area contributed by atoms with Crippen LogP contribution in [0.3, 0.4) is 0 Å². The molecule has 1 fully saturated rings. The van der Waals surface area contributed by atoms with Crippen LogP contribution in [0.1, 0.15) is 39.5 Å². The summed E-state index contributed by atoms with van der Waals surface area (Å²) >= 11 is 0. The van der Waals surface area contributed by atoms with Gasteiger partial charge < -0.3 is 10.2 Å². The standard InChI is InChI=1S/C13H21F3N2O2/c1-9(2)7-10-12(20)18(8-11(19)17-10)6-4-3-5-13(14,15)16/h9-10H,3-8H2,1-2H3,(H,17,19). The Morgan fingerprint density at radius 3 is 2.50 bits per heavy atom. The predicted octanol–water partition coefficient (Wildman–Crippen LogP) is 2.09. The van der Waals surface area contributed by atoms with Gasteiger partial charge in [0.15, 0.2) is 0 Å². The maximum Gasteiger partial charge on any atom is 0.389 e. The Labute approximate surface area is 116 Å². The summed E-state index contributed by atoms with van der Waals surface area (Å²) in [5, 5.41) is 2.63. The number of halogens is 3. The van der Waals surface area contributed by atoms with Crippen molar-refractivity contribution in [3.8, 4) is 0 Å². The molecule has 0 aromatic heterocycles. The zero-order valence-electron chi connectivity index (χ0n) is 11.8. The number of carbonyl (C=O) groups is 2. The molecule has 2 amide bonds. The van der Waals surface area contributed by atoms with Crippen LogP contribution in [0, 0.1) is 5.92 Å². The summed E-state index contributed by atoms with van der Waals surface area (Å²) in [5.41, 5.74) is 0. The lowest BCUT2D eigenvalue weighted by molar-refractivity contribution is -0.145. The molecule has 1 atom stereocenters. The average Bonchev–Trinajstić information content (AvgIpc) is 2.28. The third-order valence-electron chi connectivity index (χ3n) is 3.12. The number of alkyl halides is 3. The van der Waals surface area contributed by atoms with Gasteiger partial charge in [-0.2, -0.15) is 13.2 Å². The van der Waals surface area contributed by atoms with E-state index < -0.39 is 18.6 Å². The van der Waals surface area contributed by atoms with Gasteiger partial charge in [0.05, 0.1) is 6.54 Å². The number of rotatable bonds is 6. The fourth-order valence-corrected chi connectivity index (χ4v) is 2.22. The smallest absolute Gasteiger partial charge is 0.343 e. The molecule has 1 unspecified atom stereocenters. The number of nitrogens with zero attached hydrogens (tertiary/aromatic N) is 1. The fourth-order valence-electron chi connectivity index (χ4n) is 2.22. The second kappa shape index (κ2) is 6.95. The predicted molar refractivity (Wildman–Crippen MR) is 67.9 cm³/mol. The molecule has 1 heterocycles. The number of nitrogens with one attached hydrogen (secondary N) is 1. The van der Waals surface area contributed by atoms with Gasteiger partial charge in [0.2, 0.25) is 11.8 Å². The number of unbranched alkanes of at least 4 members (excludes halogenated alkanes) is 1. The number of carbonyl (C=O) groups excluding carboxylic acids is 2. The Kier molecular flexibility index (Phi) is 5.83. The summed E-state index contributed by atoms with van der Waals surface area (Å²) in [6.07, 6.45) is -4.24. The topological polar surface area (TPSA) is 49.4 Å². The van der Waals surface area contributed by atoms with Crippen molar-refractivity contribution in [3.05, 3.63) is 0 Å². The van der Waals surface area contributed by atoms with E-state index in [2.05, 4.69) is 5.32 Å². The molecule has 1 rings (SSSR count). The highest BCUT2D eigenvalue weighted by Gasteiger charge is 2.33. The maximum absolute atomic E-state index is 12.1. The molecule has 1 N–H and O–H groups in total. The lowest BCUT2D eigenvalue weighted by Gasteiger charge is -2.33. The Balaban J connectivity index is 2.43. The van der Waals surface area contributed by atoms with Gasteiger partial charge >= 0.3 is 6.18 Å². The van der Waals surface area contributed by atoms with Crippen LogP contribution in [0.25, 0.3) is 0 Å². The third-order valence-corrected chi connectivity index (χ3v) is 3.12. The van der Waals surface area contributed by atoms with Crippen molar-refractivity contribution in [2.45, 2.75) is 51.7 Å². The lowest BCUT2D eigenvalue weighted by atomic mass is 10.0. The van der Waals surface area contributed by atoms with Gasteiger partial charge in [0.25, 0.3) is 0 Å². The van der Waals surface area contributed by atoms with Gasteiger partial charge in [-0.25, -0.2) is 0 Å². The summed E-state index contributed by atoms with van der Waals surface area (Å²) in [7, 11) is 0. The lowest BCUT2D eigenvalue weighted by Crippen LogP contribution is -2.58. The molecule has 0 aliphatic carbocycles. The third kappa shape index (κ3) is 5.79. The van der Waals surface area contributed by atoms with E-state index in [1.165, 1.54) is 4.90 Å². The first-order valence-electron chi connectivity index (χ1n) is 6.84. The molecule has 20 heavy (non-hydrogen) atoms. The minimum Gasteiger partial charge on any atom is -0.343 e. The van der Waals surface area contributed by atoms with E-state index in [-0.39, 0.29) is 43.7 Å². The van der Waals surface area contributed by atoms with E-state index in [9.17, 15) is 22.8 Å². The molecule has 0 bridgehead atoms. The van der Waals surface area contributed by atoms with Gasteiger partial charge in [0, 0.05) is 13.0 Å². The van der Waals surface area contributed by atoms with Gasteiger partial charge in [-0.15, -0.1) is 0 Å². The first kappa shape index (κ1) is 16.8. The first-order valence-corrected chi connectivity index (χ1v) is 6.84. The molecule has 4 nitrogen and oxygen atoms in total. The van der Waals surface area contributed by atoms with Crippen LogP contribution in [-0.2, 0) is 9.59 Å². The zero-order chi connectivity index (χ0) is 15.3. The van der Waals surface area contributed by atoms with Crippen molar-refractivity contribution in [3.63, 3.8) is 0 Å². The van der Waals surface area contributed by atoms with Gasteiger partial charge in [0.1, 0.15) is 6.04 Å². The molecule has 0 radical (unpaired) electrons. The molecule has 0 aromatic rings. The van der Waals surface area contributed by atoms with Crippen molar-refractivity contribution in [2.75, 3.05) is 13.1 Å². The molecular formula is C13H21F3N2O2. The summed E-state index contributed by atoms with van der Waals surface area (Å²) in [4.78, 5) is 25.0. The van der Waals surface area contributed by atoms with Crippen molar-refractivity contribution < 1.29 is 22.8 Å². The largest absolute Gasteiger partial charge is 0.389 e. The second-order valence-corrected chi connectivity index (χ2v) is 5.58. The quantitative estimate of drug-likeness (QED) is 0.763. The van der Waals surface area contributed by atoms with E-state index in [0.717, 1.165) is 0 Å². The van der Waals surface area contributed by atoms with E-state index in [1.54, 1.807) is 0 Å². The Bertz CT molecular complexity index is 356. The van der Waals surface area contributed by atoms with Crippen molar-refractivity contribution in [1.82, 2.24) is 10.2 Å². The van der Waals surface area contributed by atoms with Crippen molar-refractivity contribution in [1.29, 1.82) is 0 Å². The summed E-state index contributed by atoms with van der Waals surface area (Å²) in [5.74, 6) is -0.175. The molecule has 0 spiro atoms. The van der Waals surface area contributed by atoms with Crippen LogP contribution in [0.2, 0.25) is 0 Å². The number of hydrogen-bond donors (Lipinski definition) is 1. The highest BCUT2D eigenvalue weighted by Crippen LogP contribution is 2.22. The SMILES string of the molecule is CC(C)CC1NC(=O)CN(CCCCC(F)(F)F)C1=O. The van der Waals surface area contributed by atoms with Crippen LogP contribution in [0.4, 0.5) is 13.2 Å². The minimum absolute atomic E-state index is 0.0241. The Morgan fingerprint density at radius 1 is 1.30 bits per heavy atom. The van der Waals surface area contributed by atoms with Crippen LogP contribution in [0.5, 0.6) is 0 Å². The molecule has 116 valence electrons. The number of amides is 2. The Morgan fingerprint density at radius 2 is 1.95 bits per heavy atom. The molecule has 0 saturated carbocycles. The molecular weight excluding hydrogens is 273 g/mol.